The summed E-state index contributed by atoms with van der Waals surface area (Å²) in [6.07, 6.45) is 7.48. The van der Waals surface area contributed by atoms with Gasteiger partial charge in [-0.15, -0.1) is 0 Å². The average molecular weight is 425 g/mol. The molecular formula is C26H36N2O3. The molecule has 0 aliphatic carbocycles. The van der Waals surface area contributed by atoms with Gasteiger partial charge in [0.25, 0.3) is 0 Å². The molecule has 0 N–H and O–H groups in total. The molecule has 2 aliphatic heterocycles. The molecule has 0 spiro atoms. The van der Waals surface area contributed by atoms with E-state index in [1.165, 1.54) is 38.5 Å². The number of hydrogen-bond donors (Lipinski definition) is 0. The highest BCUT2D eigenvalue weighted by molar-refractivity contribution is 5.47. The monoisotopic (exact) mass is 424 g/mol. The number of hydrogen-bond acceptors (Lipinski definition) is 5. The molecule has 0 aromatic heterocycles. The molecule has 2 aromatic carbocycles. The highest BCUT2D eigenvalue weighted by Gasteiger charge is 2.21. The zero-order valence-electron chi connectivity index (χ0n) is 19.0. The quantitative estimate of drug-likeness (QED) is 0.581. The van der Waals surface area contributed by atoms with Crippen LogP contribution in [0.2, 0.25) is 0 Å². The van der Waals surface area contributed by atoms with Crippen molar-refractivity contribution in [3.63, 3.8) is 0 Å². The molecule has 2 fully saturated rings. The van der Waals surface area contributed by atoms with Crippen molar-refractivity contribution >= 4 is 0 Å². The van der Waals surface area contributed by atoms with Crippen LogP contribution in [-0.4, -0.2) is 62.3 Å². The predicted octanol–water partition coefficient (Wildman–Crippen LogP) is 5.21. The number of nitrogens with zero attached hydrogens (tertiary/aromatic N) is 2. The molecular weight excluding hydrogens is 388 g/mol. The van der Waals surface area contributed by atoms with Gasteiger partial charge in [0.15, 0.2) is 23.0 Å². The van der Waals surface area contributed by atoms with Gasteiger partial charge in [-0.2, -0.15) is 0 Å². The Hall–Kier alpha value is -2.24. The SMILES string of the molecule is CN1CCCCC1COc1ccccc1Oc1ccccc1OCC1CCCCN1C. The van der Waals surface area contributed by atoms with Gasteiger partial charge in [-0.05, 0) is 77.1 Å². The van der Waals surface area contributed by atoms with Crippen LogP contribution in [-0.2, 0) is 0 Å². The predicted molar refractivity (Wildman–Crippen MR) is 124 cm³/mol. The van der Waals surface area contributed by atoms with Crippen molar-refractivity contribution in [1.82, 2.24) is 9.80 Å². The van der Waals surface area contributed by atoms with Crippen LogP contribution < -0.4 is 14.2 Å². The third-order valence-corrected chi connectivity index (χ3v) is 6.62. The number of para-hydroxylation sites is 4. The van der Waals surface area contributed by atoms with E-state index in [1.54, 1.807) is 0 Å². The molecule has 2 unspecified atom stereocenters. The standard InChI is InChI=1S/C26H36N2O3/c1-27-17-9-7-11-21(27)19-29-23-13-3-5-15-25(23)31-26-16-6-4-14-24(26)30-20-22-12-8-10-18-28(22)2/h3-6,13-16,21-22H,7-12,17-20H2,1-2H3. The van der Waals surface area contributed by atoms with E-state index in [1.807, 2.05) is 48.5 Å². The summed E-state index contributed by atoms with van der Waals surface area (Å²) in [4.78, 5) is 4.80. The van der Waals surface area contributed by atoms with E-state index in [4.69, 9.17) is 14.2 Å². The van der Waals surface area contributed by atoms with Crippen molar-refractivity contribution in [2.75, 3.05) is 40.4 Å². The molecule has 31 heavy (non-hydrogen) atoms. The summed E-state index contributed by atoms with van der Waals surface area (Å²) in [6, 6.07) is 16.8. The summed E-state index contributed by atoms with van der Waals surface area (Å²) in [5.41, 5.74) is 0. The molecule has 4 rings (SSSR count). The zero-order valence-corrected chi connectivity index (χ0v) is 19.0. The van der Waals surface area contributed by atoms with Crippen molar-refractivity contribution in [2.45, 2.75) is 50.6 Å². The van der Waals surface area contributed by atoms with Gasteiger partial charge in [-0.25, -0.2) is 0 Å². The van der Waals surface area contributed by atoms with E-state index >= 15 is 0 Å². The Kier molecular flexibility index (Phi) is 7.71. The maximum Gasteiger partial charge on any atom is 0.169 e. The van der Waals surface area contributed by atoms with Crippen LogP contribution in [0.15, 0.2) is 48.5 Å². The second-order valence-electron chi connectivity index (χ2n) is 8.88. The molecule has 2 heterocycles. The van der Waals surface area contributed by atoms with Crippen LogP contribution in [0, 0.1) is 0 Å². The molecule has 5 heteroatoms. The van der Waals surface area contributed by atoms with Gasteiger partial charge in [0, 0.05) is 12.1 Å². The first kappa shape index (κ1) is 22.0. The first-order valence-corrected chi connectivity index (χ1v) is 11.7. The van der Waals surface area contributed by atoms with Crippen molar-refractivity contribution in [3.8, 4) is 23.0 Å². The molecule has 2 saturated heterocycles. The van der Waals surface area contributed by atoms with E-state index in [9.17, 15) is 0 Å². The lowest BCUT2D eigenvalue weighted by atomic mass is 10.0. The van der Waals surface area contributed by atoms with E-state index in [2.05, 4.69) is 23.9 Å². The van der Waals surface area contributed by atoms with Crippen LogP contribution in [0.4, 0.5) is 0 Å². The lowest BCUT2D eigenvalue weighted by Crippen LogP contribution is -2.40. The zero-order chi connectivity index (χ0) is 21.5. The number of likely N-dealkylation sites (N-methyl/N-ethyl adjacent to an activating group) is 2. The molecule has 0 saturated carbocycles. The second-order valence-corrected chi connectivity index (χ2v) is 8.88. The van der Waals surface area contributed by atoms with Crippen LogP contribution in [0.3, 0.4) is 0 Å². The molecule has 2 atom stereocenters. The summed E-state index contributed by atoms with van der Waals surface area (Å²) in [6.45, 7) is 3.66. The molecule has 168 valence electrons. The molecule has 0 amide bonds. The minimum Gasteiger partial charge on any atom is -0.488 e. The van der Waals surface area contributed by atoms with E-state index in [0.29, 0.717) is 25.3 Å². The molecule has 2 aliphatic rings. The number of benzene rings is 2. The maximum absolute atomic E-state index is 6.30. The fourth-order valence-electron chi connectivity index (χ4n) is 4.51. The third kappa shape index (κ3) is 5.92. The lowest BCUT2D eigenvalue weighted by molar-refractivity contribution is 0.121. The normalized spacial score (nSPS) is 22.8. The van der Waals surface area contributed by atoms with E-state index < -0.39 is 0 Å². The Balaban J connectivity index is 1.41. The molecule has 0 bridgehead atoms. The summed E-state index contributed by atoms with van der Waals surface area (Å²) in [5, 5.41) is 0. The maximum atomic E-state index is 6.30. The van der Waals surface area contributed by atoms with Crippen molar-refractivity contribution in [3.05, 3.63) is 48.5 Å². The molecule has 0 radical (unpaired) electrons. The van der Waals surface area contributed by atoms with Crippen LogP contribution in [0.25, 0.3) is 0 Å². The Labute approximate surface area is 186 Å². The Morgan fingerprint density at radius 3 is 1.48 bits per heavy atom. The molecule has 5 nitrogen and oxygen atoms in total. The highest BCUT2D eigenvalue weighted by Crippen LogP contribution is 2.36. The Morgan fingerprint density at radius 2 is 1.06 bits per heavy atom. The minimum atomic E-state index is 0.463. The average Bonchev–Trinajstić information content (AvgIpc) is 2.80. The summed E-state index contributed by atoms with van der Waals surface area (Å²) < 4.78 is 18.7. The number of ether oxygens (including phenoxy) is 3. The molecule has 2 aromatic rings. The first-order chi connectivity index (χ1) is 15.2. The van der Waals surface area contributed by atoms with Gasteiger partial charge < -0.3 is 24.0 Å². The second kappa shape index (κ2) is 10.9. The van der Waals surface area contributed by atoms with E-state index in [0.717, 1.165) is 36.1 Å². The van der Waals surface area contributed by atoms with Gasteiger partial charge in [0.2, 0.25) is 0 Å². The van der Waals surface area contributed by atoms with Crippen molar-refractivity contribution < 1.29 is 14.2 Å². The van der Waals surface area contributed by atoms with Crippen LogP contribution in [0.1, 0.15) is 38.5 Å². The van der Waals surface area contributed by atoms with Crippen molar-refractivity contribution in [1.29, 1.82) is 0 Å². The minimum absolute atomic E-state index is 0.463. The van der Waals surface area contributed by atoms with Crippen LogP contribution in [0.5, 0.6) is 23.0 Å². The summed E-state index contributed by atoms with van der Waals surface area (Å²) in [5.74, 6) is 3.02. The third-order valence-electron chi connectivity index (χ3n) is 6.62. The van der Waals surface area contributed by atoms with E-state index in [-0.39, 0.29) is 0 Å². The Morgan fingerprint density at radius 1 is 0.645 bits per heavy atom. The van der Waals surface area contributed by atoms with Crippen LogP contribution >= 0.6 is 0 Å². The topological polar surface area (TPSA) is 34.2 Å². The number of piperidine rings is 2. The fraction of sp³-hybridized carbons (Fsp3) is 0.538. The largest absolute Gasteiger partial charge is 0.488 e. The smallest absolute Gasteiger partial charge is 0.169 e. The number of likely N-dealkylation sites (tertiary alicyclic amines) is 2. The van der Waals surface area contributed by atoms with Gasteiger partial charge in [0.05, 0.1) is 0 Å². The lowest BCUT2D eigenvalue weighted by Gasteiger charge is -2.32. The van der Waals surface area contributed by atoms with Crippen molar-refractivity contribution in [2.24, 2.45) is 0 Å². The first-order valence-electron chi connectivity index (χ1n) is 11.7. The Bertz CT molecular complexity index is 760. The van der Waals surface area contributed by atoms with Gasteiger partial charge >= 0.3 is 0 Å². The summed E-state index contributed by atoms with van der Waals surface area (Å²) in [7, 11) is 4.37. The highest BCUT2D eigenvalue weighted by atomic mass is 16.5. The van der Waals surface area contributed by atoms with Gasteiger partial charge in [-0.1, -0.05) is 37.1 Å². The summed E-state index contributed by atoms with van der Waals surface area (Å²) >= 11 is 0. The van der Waals surface area contributed by atoms with Gasteiger partial charge in [-0.3, -0.25) is 0 Å². The fourth-order valence-corrected chi connectivity index (χ4v) is 4.51. The van der Waals surface area contributed by atoms with Gasteiger partial charge in [0.1, 0.15) is 13.2 Å². The number of rotatable bonds is 8.